The van der Waals surface area contributed by atoms with Gasteiger partial charge in [-0.1, -0.05) is 41.9 Å². The summed E-state index contributed by atoms with van der Waals surface area (Å²) < 4.78 is 19.4. The van der Waals surface area contributed by atoms with Crippen LogP contribution in [0.5, 0.6) is 0 Å². The largest absolute Gasteiger partial charge is 0.375 e. The summed E-state index contributed by atoms with van der Waals surface area (Å²) in [6, 6.07) is 14.4. The van der Waals surface area contributed by atoms with Crippen LogP contribution < -0.4 is 5.32 Å². The molecule has 0 radical (unpaired) electrons. The van der Waals surface area contributed by atoms with E-state index in [-0.39, 0.29) is 24.1 Å². The minimum atomic E-state index is -0.545. The first kappa shape index (κ1) is 17.9. The number of hydrogen-bond donors (Lipinski definition) is 1. The smallest absolute Gasteiger partial charge is 0.227 e. The lowest BCUT2D eigenvalue weighted by atomic mass is 10.1. The fraction of sp³-hybridized carbons (Fsp3) is 0.316. The van der Waals surface area contributed by atoms with Crippen molar-refractivity contribution in [2.45, 2.75) is 19.1 Å². The molecule has 2 aromatic carbocycles. The number of benzene rings is 2. The van der Waals surface area contributed by atoms with E-state index in [2.05, 4.69) is 22.3 Å². The van der Waals surface area contributed by atoms with E-state index in [4.69, 9.17) is 16.3 Å². The predicted molar refractivity (Wildman–Crippen MR) is 96.1 cm³/mol. The summed E-state index contributed by atoms with van der Waals surface area (Å²) in [5.41, 5.74) is 1.36. The number of nitrogens with zero attached hydrogens (tertiary/aromatic N) is 1. The number of carbonyl (C=O) groups is 1. The van der Waals surface area contributed by atoms with Crippen molar-refractivity contribution in [2.24, 2.45) is 0 Å². The first-order valence-corrected chi connectivity index (χ1v) is 8.61. The Hall–Kier alpha value is -1.95. The van der Waals surface area contributed by atoms with Crippen molar-refractivity contribution in [3.05, 3.63) is 64.9 Å². The van der Waals surface area contributed by atoms with Gasteiger partial charge in [-0.3, -0.25) is 9.69 Å². The second-order valence-electron chi connectivity index (χ2n) is 6.09. The van der Waals surface area contributed by atoms with E-state index < -0.39 is 5.82 Å². The van der Waals surface area contributed by atoms with E-state index in [9.17, 15) is 9.18 Å². The molecule has 0 saturated carbocycles. The molecule has 1 aliphatic heterocycles. The SMILES string of the molecule is O=C(C[C@@H]1CN(Cc2ccccc2)CCO1)Nc1ccc(Cl)cc1F. The molecule has 0 bridgehead atoms. The Kier molecular flexibility index (Phi) is 6.02. The molecule has 1 heterocycles. The van der Waals surface area contributed by atoms with Crippen LogP contribution in [0.15, 0.2) is 48.5 Å². The highest BCUT2D eigenvalue weighted by molar-refractivity contribution is 6.30. The van der Waals surface area contributed by atoms with Crippen molar-refractivity contribution in [3.8, 4) is 0 Å². The molecule has 1 N–H and O–H groups in total. The van der Waals surface area contributed by atoms with Gasteiger partial charge in [-0.25, -0.2) is 4.39 Å². The van der Waals surface area contributed by atoms with E-state index in [0.717, 1.165) is 13.1 Å². The van der Waals surface area contributed by atoms with Crippen LogP contribution in [0.1, 0.15) is 12.0 Å². The van der Waals surface area contributed by atoms with E-state index in [1.807, 2.05) is 18.2 Å². The molecule has 132 valence electrons. The minimum Gasteiger partial charge on any atom is -0.375 e. The zero-order valence-electron chi connectivity index (χ0n) is 13.8. The third-order valence-corrected chi connectivity index (χ3v) is 4.33. The molecule has 25 heavy (non-hydrogen) atoms. The van der Waals surface area contributed by atoms with Gasteiger partial charge in [-0.2, -0.15) is 0 Å². The van der Waals surface area contributed by atoms with Crippen LogP contribution in [-0.4, -0.2) is 36.6 Å². The number of hydrogen-bond acceptors (Lipinski definition) is 3. The van der Waals surface area contributed by atoms with E-state index in [1.54, 1.807) is 6.07 Å². The van der Waals surface area contributed by atoms with Gasteiger partial charge in [-0.05, 0) is 23.8 Å². The first-order chi connectivity index (χ1) is 12.1. The fourth-order valence-corrected chi connectivity index (χ4v) is 3.05. The third kappa shape index (κ3) is 5.26. The number of amides is 1. The molecule has 1 fully saturated rings. The average Bonchev–Trinajstić information content (AvgIpc) is 2.59. The van der Waals surface area contributed by atoms with Crippen LogP contribution in [-0.2, 0) is 16.1 Å². The zero-order chi connectivity index (χ0) is 17.6. The van der Waals surface area contributed by atoms with Crippen molar-refractivity contribution in [1.82, 2.24) is 4.90 Å². The minimum absolute atomic E-state index is 0.131. The Balaban J connectivity index is 1.52. The van der Waals surface area contributed by atoms with E-state index in [0.29, 0.717) is 18.2 Å². The standard InChI is InChI=1S/C19H20ClFN2O2/c20-15-6-7-18(17(21)10-15)22-19(24)11-16-13-23(8-9-25-16)12-14-4-2-1-3-5-14/h1-7,10,16H,8-9,11-13H2,(H,22,24)/t16-/m1/s1. The Labute approximate surface area is 151 Å². The number of anilines is 1. The molecule has 1 amide bonds. The Morgan fingerprint density at radius 1 is 1.28 bits per heavy atom. The maximum atomic E-state index is 13.8. The van der Waals surface area contributed by atoms with E-state index >= 15 is 0 Å². The van der Waals surface area contributed by atoms with Gasteiger partial charge in [0.2, 0.25) is 5.91 Å². The van der Waals surface area contributed by atoms with Crippen LogP contribution >= 0.6 is 11.6 Å². The first-order valence-electron chi connectivity index (χ1n) is 8.23. The van der Waals surface area contributed by atoms with Crippen LogP contribution in [0.2, 0.25) is 5.02 Å². The maximum Gasteiger partial charge on any atom is 0.227 e. The van der Waals surface area contributed by atoms with Gasteiger partial charge in [0.05, 0.1) is 24.8 Å². The highest BCUT2D eigenvalue weighted by Gasteiger charge is 2.23. The normalized spacial score (nSPS) is 18.1. The van der Waals surface area contributed by atoms with Crippen molar-refractivity contribution >= 4 is 23.2 Å². The molecule has 1 aliphatic rings. The van der Waals surface area contributed by atoms with Gasteiger partial charge in [0.15, 0.2) is 0 Å². The molecule has 6 heteroatoms. The lowest BCUT2D eigenvalue weighted by Gasteiger charge is -2.32. The van der Waals surface area contributed by atoms with Gasteiger partial charge in [0, 0.05) is 24.7 Å². The summed E-state index contributed by atoms with van der Waals surface area (Å²) in [5, 5.41) is 2.87. The molecule has 0 unspecified atom stereocenters. The molecule has 0 spiro atoms. The topological polar surface area (TPSA) is 41.6 Å². The molecule has 1 atom stereocenters. The lowest BCUT2D eigenvalue weighted by Crippen LogP contribution is -2.43. The second kappa shape index (κ2) is 8.43. The number of rotatable bonds is 5. The van der Waals surface area contributed by atoms with Crippen LogP contribution in [0, 0.1) is 5.82 Å². The van der Waals surface area contributed by atoms with E-state index in [1.165, 1.54) is 17.7 Å². The van der Waals surface area contributed by atoms with Crippen LogP contribution in [0.4, 0.5) is 10.1 Å². The Morgan fingerprint density at radius 3 is 2.84 bits per heavy atom. The van der Waals surface area contributed by atoms with Gasteiger partial charge >= 0.3 is 0 Å². The maximum absolute atomic E-state index is 13.8. The average molecular weight is 363 g/mol. The Morgan fingerprint density at radius 2 is 2.08 bits per heavy atom. The van der Waals surface area contributed by atoms with Crippen LogP contribution in [0.3, 0.4) is 0 Å². The van der Waals surface area contributed by atoms with Crippen molar-refractivity contribution in [1.29, 1.82) is 0 Å². The summed E-state index contributed by atoms with van der Waals surface area (Å²) in [7, 11) is 0. The van der Waals surface area contributed by atoms with Crippen molar-refractivity contribution in [3.63, 3.8) is 0 Å². The molecule has 0 aliphatic carbocycles. The number of ether oxygens (including phenoxy) is 1. The van der Waals surface area contributed by atoms with Gasteiger partial charge in [-0.15, -0.1) is 0 Å². The quantitative estimate of drug-likeness (QED) is 0.881. The molecule has 1 saturated heterocycles. The fourth-order valence-electron chi connectivity index (χ4n) is 2.89. The zero-order valence-corrected chi connectivity index (χ0v) is 14.5. The second-order valence-corrected chi connectivity index (χ2v) is 6.53. The third-order valence-electron chi connectivity index (χ3n) is 4.09. The monoisotopic (exact) mass is 362 g/mol. The number of morpholine rings is 1. The summed E-state index contributed by atoms with van der Waals surface area (Å²) in [6.45, 7) is 2.92. The predicted octanol–water partition coefficient (Wildman–Crippen LogP) is 3.71. The molecule has 2 aromatic rings. The van der Waals surface area contributed by atoms with Gasteiger partial charge in [0.1, 0.15) is 5.82 Å². The van der Waals surface area contributed by atoms with Crippen LogP contribution in [0.25, 0.3) is 0 Å². The molecular formula is C19H20ClFN2O2. The summed E-state index contributed by atoms with van der Waals surface area (Å²) in [5.74, 6) is -0.816. The highest BCUT2D eigenvalue weighted by Crippen LogP contribution is 2.20. The highest BCUT2D eigenvalue weighted by atomic mass is 35.5. The summed E-state index contributed by atoms with van der Waals surface area (Å²) in [4.78, 5) is 14.4. The molecule has 0 aromatic heterocycles. The molecular weight excluding hydrogens is 343 g/mol. The van der Waals surface area contributed by atoms with Gasteiger partial charge in [0.25, 0.3) is 0 Å². The van der Waals surface area contributed by atoms with Gasteiger partial charge < -0.3 is 10.1 Å². The number of carbonyl (C=O) groups excluding carboxylic acids is 1. The number of halogens is 2. The Bertz CT molecular complexity index is 727. The lowest BCUT2D eigenvalue weighted by molar-refractivity contribution is -0.121. The summed E-state index contributed by atoms with van der Waals surface area (Å²) in [6.07, 6.45) is -0.0132. The number of nitrogens with one attached hydrogen (secondary N) is 1. The summed E-state index contributed by atoms with van der Waals surface area (Å²) >= 11 is 5.71. The van der Waals surface area contributed by atoms with Crippen molar-refractivity contribution in [2.75, 3.05) is 25.0 Å². The van der Waals surface area contributed by atoms with Crippen molar-refractivity contribution < 1.29 is 13.9 Å². The molecule has 3 rings (SSSR count). The molecule has 4 nitrogen and oxygen atoms in total.